The number of hydrogen-bond donors (Lipinski definition) is 1. The minimum atomic E-state index is -0.0717. The fourth-order valence-corrected chi connectivity index (χ4v) is 0.817. The molecule has 0 aliphatic rings. The average molecular weight is 140 g/mol. The van der Waals surface area contributed by atoms with E-state index in [1.807, 2.05) is 13.8 Å². The lowest BCUT2D eigenvalue weighted by atomic mass is 9.99. The van der Waals surface area contributed by atoms with Crippen molar-refractivity contribution in [1.82, 2.24) is 0 Å². The molecule has 0 rings (SSSR count). The summed E-state index contributed by atoms with van der Waals surface area (Å²) in [6, 6.07) is 2.09. The second kappa shape index (κ2) is 4.24. The zero-order valence-corrected chi connectivity index (χ0v) is 7.07. The first kappa shape index (κ1) is 9.38. The molecule has 2 nitrogen and oxygen atoms in total. The van der Waals surface area contributed by atoms with Crippen molar-refractivity contribution >= 4 is 6.01 Å². The van der Waals surface area contributed by atoms with E-state index in [1.165, 1.54) is 12.8 Å². The number of aliphatic imine (C=N–C) groups is 1. The van der Waals surface area contributed by atoms with Crippen LogP contribution in [0.2, 0.25) is 0 Å². The molecule has 0 atom stereocenters. The number of nitrogens with one attached hydrogen (secondary N) is 1. The van der Waals surface area contributed by atoms with E-state index < -0.39 is 0 Å². The molecular formula is C8H16N2. The second-order valence-corrected chi connectivity index (χ2v) is 3.14. The van der Waals surface area contributed by atoms with E-state index in [9.17, 15) is 0 Å². The molecule has 0 aliphatic carbocycles. The van der Waals surface area contributed by atoms with E-state index in [0.717, 1.165) is 6.42 Å². The molecule has 0 heterocycles. The van der Waals surface area contributed by atoms with E-state index in [2.05, 4.69) is 17.9 Å². The number of hydrogen-bond acceptors (Lipinski definition) is 2. The third-order valence-electron chi connectivity index (χ3n) is 1.50. The summed E-state index contributed by atoms with van der Waals surface area (Å²) in [6.45, 7) is 6.22. The van der Waals surface area contributed by atoms with Gasteiger partial charge in [-0.15, -0.1) is 0 Å². The van der Waals surface area contributed by atoms with Crippen LogP contribution in [0, 0.1) is 5.41 Å². The Morgan fingerprint density at radius 1 is 1.50 bits per heavy atom. The molecule has 0 bridgehead atoms. The zero-order valence-electron chi connectivity index (χ0n) is 7.07. The predicted octanol–water partition coefficient (Wildman–Crippen LogP) is 2.71. The smallest absolute Gasteiger partial charge is 0.0867 e. The molecule has 0 radical (unpaired) electrons. The molecule has 0 spiro atoms. The van der Waals surface area contributed by atoms with Gasteiger partial charge in [0.15, 0.2) is 0 Å². The van der Waals surface area contributed by atoms with Crippen molar-refractivity contribution in [3.63, 3.8) is 0 Å². The van der Waals surface area contributed by atoms with Gasteiger partial charge in [-0.05, 0) is 20.3 Å². The van der Waals surface area contributed by atoms with E-state index in [0.29, 0.717) is 0 Å². The fourth-order valence-electron chi connectivity index (χ4n) is 0.817. The number of nitrogens with zero attached hydrogens (tertiary/aromatic N) is 1. The van der Waals surface area contributed by atoms with Gasteiger partial charge in [0.2, 0.25) is 0 Å². The van der Waals surface area contributed by atoms with Crippen molar-refractivity contribution in [3.8, 4) is 0 Å². The maximum Gasteiger partial charge on any atom is 0.0867 e. The summed E-state index contributed by atoms with van der Waals surface area (Å²) in [4.78, 5) is 3.91. The van der Waals surface area contributed by atoms with Gasteiger partial charge in [-0.1, -0.05) is 19.8 Å². The van der Waals surface area contributed by atoms with Crippen molar-refractivity contribution in [3.05, 3.63) is 0 Å². The van der Waals surface area contributed by atoms with Crippen LogP contribution in [-0.4, -0.2) is 11.5 Å². The molecule has 0 unspecified atom stereocenters. The van der Waals surface area contributed by atoms with E-state index in [-0.39, 0.29) is 5.54 Å². The molecule has 0 fully saturated rings. The lowest BCUT2D eigenvalue weighted by molar-refractivity contribution is 0.461. The highest BCUT2D eigenvalue weighted by Gasteiger charge is 2.13. The number of rotatable bonds is 4. The number of unbranched alkanes of at least 4 members (excludes halogenated alkanes) is 1. The molecule has 0 aromatic heterocycles. The fraction of sp³-hybridized carbons (Fsp3) is 0.875. The van der Waals surface area contributed by atoms with Gasteiger partial charge in [-0.3, -0.25) is 0 Å². The van der Waals surface area contributed by atoms with Crippen molar-refractivity contribution in [2.24, 2.45) is 4.99 Å². The minimum absolute atomic E-state index is 0.0717. The summed E-state index contributed by atoms with van der Waals surface area (Å²) in [5, 5.41) is 6.68. The molecule has 0 aromatic rings. The Morgan fingerprint density at radius 2 is 2.10 bits per heavy atom. The van der Waals surface area contributed by atoms with Crippen LogP contribution in [0.1, 0.15) is 40.0 Å². The third-order valence-corrected chi connectivity index (χ3v) is 1.50. The average Bonchev–Trinajstić information content (AvgIpc) is 1.84. The van der Waals surface area contributed by atoms with E-state index >= 15 is 0 Å². The van der Waals surface area contributed by atoms with Crippen molar-refractivity contribution in [2.45, 2.75) is 45.6 Å². The maximum atomic E-state index is 6.68. The highest BCUT2D eigenvalue weighted by molar-refractivity contribution is 5.37. The molecule has 0 aromatic carbocycles. The highest BCUT2D eigenvalue weighted by Crippen LogP contribution is 2.16. The summed E-state index contributed by atoms with van der Waals surface area (Å²) in [5.41, 5.74) is -0.0717. The summed E-state index contributed by atoms with van der Waals surface area (Å²) < 4.78 is 0. The predicted molar refractivity (Wildman–Crippen MR) is 43.8 cm³/mol. The van der Waals surface area contributed by atoms with Crippen LogP contribution in [0.25, 0.3) is 0 Å². The highest BCUT2D eigenvalue weighted by atomic mass is 14.8. The summed E-state index contributed by atoms with van der Waals surface area (Å²) in [5.74, 6) is 0. The first-order valence-corrected chi connectivity index (χ1v) is 3.76. The van der Waals surface area contributed by atoms with Gasteiger partial charge >= 0.3 is 0 Å². The van der Waals surface area contributed by atoms with Crippen molar-refractivity contribution < 1.29 is 0 Å². The Bertz CT molecular complexity index is 132. The standard InChI is InChI=1S/C8H16N2/c1-4-5-6-8(2,3)10-7-9/h9H,4-6H2,1-3H3. The summed E-state index contributed by atoms with van der Waals surface area (Å²) >= 11 is 0. The summed E-state index contributed by atoms with van der Waals surface area (Å²) in [6.07, 6.45) is 3.42. The van der Waals surface area contributed by atoms with Crippen LogP contribution in [0.3, 0.4) is 0 Å². The topological polar surface area (TPSA) is 36.2 Å². The Hall–Kier alpha value is -0.620. The van der Waals surface area contributed by atoms with E-state index in [1.54, 1.807) is 0 Å². The lowest BCUT2D eigenvalue weighted by Gasteiger charge is -2.16. The molecule has 10 heavy (non-hydrogen) atoms. The Balaban J connectivity index is 3.74. The van der Waals surface area contributed by atoms with Gasteiger partial charge in [0, 0.05) is 0 Å². The molecule has 0 saturated carbocycles. The molecule has 0 amide bonds. The van der Waals surface area contributed by atoms with Crippen LogP contribution < -0.4 is 0 Å². The lowest BCUT2D eigenvalue weighted by Crippen LogP contribution is -2.15. The molecular weight excluding hydrogens is 124 g/mol. The van der Waals surface area contributed by atoms with Crippen LogP contribution in [-0.2, 0) is 0 Å². The molecule has 1 N–H and O–H groups in total. The molecule has 58 valence electrons. The quantitative estimate of drug-likeness (QED) is 0.583. The van der Waals surface area contributed by atoms with Gasteiger partial charge in [0.25, 0.3) is 0 Å². The van der Waals surface area contributed by atoms with Gasteiger partial charge in [0.1, 0.15) is 0 Å². The van der Waals surface area contributed by atoms with Crippen LogP contribution in [0.5, 0.6) is 0 Å². The second-order valence-electron chi connectivity index (χ2n) is 3.14. The van der Waals surface area contributed by atoms with E-state index in [4.69, 9.17) is 5.41 Å². The molecule has 2 heteroatoms. The minimum Gasteiger partial charge on any atom is -0.242 e. The maximum absolute atomic E-state index is 6.68. The molecule has 0 aliphatic heterocycles. The van der Waals surface area contributed by atoms with Crippen LogP contribution in [0.15, 0.2) is 4.99 Å². The zero-order chi connectivity index (χ0) is 8.04. The van der Waals surface area contributed by atoms with Crippen LogP contribution in [0.4, 0.5) is 0 Å². The van der Waals surface area contributed by atoms with Gasteiger partial charge in [-0.2, -0.15) is 0 Å². The normalized spacial score (nSPS) is 10.7. The molecule has 0 saturated heterocycles. The summed E-state index contributed by atoms with van der Waals surface area (Å²) in [7, 11) is 0. The van der Waals surface area contributed by atoms with Gasteiger partial charge in [-0.25, -0.2) is 10.4 Å². The van der Waals surface area contributed by atoms with Gasteiger partial charge < -0.3 is 0 Å². The van der Waals surface area contributed by atoms with Crippen molar-refractivity contribution in [2.75, 3.05) is 0 Å². The van der Waals surface area contributed by atoms with Gasteiger partial charge in [0.05, 0.1) is 11.5 Å². The first-order valence-electron chi connectivity index (χ1n) is 3.76. The van der Waals surface area contributed by atoms with Crippen LogP contribution >= 0.6 is 0 Å². The Morgan fingerprint density at radius 3 is 2.50 bits per heavy atom. The largest absolute Gasteiger partial charge is 0.242 e. The Labute approximate surface area is 62.9 Å². The monoisotopic (exact) mass is 140 g/mol. The first-order chi connectivity index (χ1) is 4.62. The van der Waals surface area contributed by atoms with Crippen molar-refractivity contribution in [1.29, 1.82) is 5.41 Å². The Kier molecular flexibility index (Phi) is 3.97. The SMILES string of the molecule is CCCCC(C)(C)N=C=N. The third kappa shape index (κ3) is 4.28.